The number of fused-ring (bicyclic) bond motifs is 1. The number of benzene rings is 1. The van der Waals surface area contributed by atoms with Crippen molar-refractivity contribution in [2.75, 3.05) is 19.6 Å². The predicted octanol–water partition coefficient (Wildman–Crippen LogP) is 3.43. The number of pyridine rings is 1. The van der Waals surface area contributed by atoms with Gasteiger partial charge in [-0.15, -0.1) is 0 Å². The summed E-state index contributed by atoms with van der Waals surface area (Å²) in [5.74, 6) is 0.632. The molecule has 0 N–H and O–H groups in total. The molecular weight excluding hydrogens is 220 g/mol. The van der Waals surface area contributed by atoms with Crippen LogP contribution in [0, 0.1) is 0 Å². The summed E-state index contributed by atoms with van der Waals surface area (Å²) in [6.07, 6.45) is 4.55. The van der Waals surface area contributed by atoms with Crippen LogP contribution in [0.25, 0.3) is 10.8 Å². The van der Waals surface area contributed by atoms with Gasteiger partial charge in [0.05, 0.1) is 5.69 Å². The highest BCUT2D eigenvalue weighted by Crippen LogP contribution is 2.30. The summed E-state index contributed by atoms with van der Waals surface area (Å²) in [5, 5.41) is 2.65. The summed E-state index contributed by atoms with van der Waals surface area (Å²) in [7, 11) is 0. The number of nitrogens with zero attached hydrogens (tertiary/aromatic N) is 2. The van der Waals surface area contributed by atoms with Gasteiger partial charge in [-0.1, -0.05) is 37.6 Å². The third-order valence-corrected chi connectivity index (χ3v) is 3.88. The highest BCUT2D eigenvalue weighted by Gasteiger charge is 2.29. The minimum atomic E-state index is 0.632. The van der Waals surface area contributed by atoms with E-state index in [1.807, 2.05) is 6.20 Å². The molecule has 2 heteroatoms. The second kappa shape index (κ2) is 5.07. The van der Waals surface area contributed by atoms with Crippen molar-refractivity contribution < 1.29 is 0 Å². The normalized spacial score (nSPS) is 16.9. The van der Waals surface area contributed by atoms with E-state index >= 15 is 0 Å². The largest absolute Gasteiger partial charge is 0.302 e. The van der Waals surface area contributed by atoms with Gasteiger partial charge in [-0.05, 0) is 24.4 Å². The summed E-state index contributed by atoms with van der Waals surface area (Å²) in [4.78, 5) is 7.16. The van der Waals surface area contributed by atoms with Crippen LogP contribution in [0.3, 0.4) is 0 Å². The lowest BCUT2D eigenvalue weighted by atomic mass is 9.92. The summed E-state index contributed by atoms with van der Waals surface area (Å²) >= 11 is 0. The van der Waals surface area contributed by atoms with Crippen molar-refractivity contribution in [3.8, 4) is 0 Å². The van der Waals surface area contributed by atoms with E-state index in [-0.39, 0.29) is 0 Å². The van der Waals surface area contributed by atoms with Crippen LogP contribution < -0.4 is 0 Å². The fourth-order valence-corrected chi connectivity index (χ4v) is 2.78. The minimum absolute atomic E-state index is 0.632. The molecule has 0 radical (unpaired) electrons. The molecule has 0 amide bonds. The number of hydrogen-bond donors (Lipinski definition) is 0. The first kappa shape index (κ1) is 11.7. The molecule has 2 nitrogen and oxygen atoms in total. The van der Waals surface area contributed by atoms with Crippen LogP contribution in [0.5, 0.6) is 0 Å². The van der Waals surface area contributed by atoms with Crippen molar-refractivity contribution in [3.63, 3.8) is 0 Å². The van der Waals surface area contributed by atoms with Crippen molar-refractivity contribution in [1.82, 2.24) is 9.88 Å². The maximum absolute atomic E-state index is 4.62. The van der Waals surface area contributed by atoms with Crippen LogP contribution in [-0.2, 0) is 0 Å². The van der Waals surface area contributed by atoms with Gasteiger partial charge in [0.15, 0.2) is 0 Å². The van der Waals surface area contributed by atoms with E-state index in [1.54, 1.807) is 0 Å². The fourth-order valence-electron chi connectivity index (χ4n) is 2.78. The Morgan fingerprint density at radius 1 is 1.22 bits per heavy atom. The van der Waals surface area contributed by atoms with Gasteiger partial charge < -0.3 is 4.90 Å². The van der Waals surface area contributed by atoms with E-state index < -0.39 is 0 Å². The summed E-state index contributed by atoms with van der Waals surface area (Å²) in [6.45, 7) is 5.86. The van der Waals surface area contributed by atoms with Gasteiger partial charge >= 0.3 is 0 Å². The predicted molar refractivity (Wildman–Crippen MR) is 75.8 cm³/mol. The highest BCUT2D eigenvalue weighted by molar-refractivity contribution is 5.84. The first-order valence-electron chi connectivity index (χ1n) is 6.94. The van der Waals surface area contributed by atoms with E-state index in [1.165, 1.54) is 48.9 Å². The number of unbranched alkanes of at least 4 members (excludes halogenated alkanes) is 1. The maximum Gasteiger partial charge on any atom is 0.0538 e. The van der Waals surface area contributed by atoms with Gasteiger partial charge in [0.1, 0.15) is 0 Å². The number of likely N-dealkylation sites (tertiary alicyclic amines) is 1. The molecule has 1 saturated heterocycles. The molecule has 0 atom stereocenters. The quantitative estimate of drug-likeness (QED) is 0.814. The molecule has 94 valence electrons. The lowest BCUT2D eigenvalue weighted by molar-refractivity contribution is 0.145. The Kier molecular flexibility index (Phi) is 3.28. The molecule has 0 saturated carbocycles. The summed E-state index contributed by atoms with van der Waals surface area (Å²) in [5.41, 5.74) is 1.29. The van der Waals surface area contributed by atoms with Crippen LogP contribution in [0.4, 0.5) is 0 Å². The molecule has 0 spiro atoms. The average molecular weight is 240 g/mol. The Labute approximate surface area is 109 Å². The van der Waals surface area contributed by atoms with Crippen LogP contribution >= 0.6 is 0 Å². The Bertz CT molecular complexity index is 524. The van der Waals surface area contributed by atoms with Gasteiger partial charge in [-0.3, -0.25) is 4.98 Å². The standard InChI is InChI=1S/C16H20N2/c1-2-3-10-18-11-14(12-18)16-15-7-5-4-6-13(15)8-9-17-16/h4-9,14H,2-3,10-12H2,1H3. The zero-order chi connectivity index (χ0) is 12.4. The highest BCUT2D eigenvalue weighted by atomic mass is 15.2. The van der Waals surface area contributed by atoms with Crippen LogP contribution in [0.15, 0.2) is 36.5 Å². The van der Waals surface area contributed by atoms with Crippen molar-refractivity contribution in [2.24, 2.45) is 0 Å². The van der Waals surface area contributed by atoms with Gasteiger partial charge in [0.2, 0.25) is 0 Å². The van der Waals surface area contributed by atoms with E-state index in [2.05, 4.69) is 47.1 Å². The van der Waals surface area contributed by atoms with Crippen molar-refractivity contribution in [1.29, 1.82) is 0 Å². The topological polar surface area (TPSA) is 16.1 Å². The van der Waals surface area contributed by atoms with Crippen LogP contribution in [0.1, 0.15) is 31.4 Å². The minimum Gasteiger partial charge on any atom is -0.302 e. The van der Waals surface area contributed by atoms with Crippen LogP contribution in [-0.4, -0.2) is 29.5 Å². The number of aromatic nitrogens is 1. The third-order valence-electron chi connectivity index (χ3n) is 3.88. The number of hydrogen-bond acceptors (Lipinski definition) is 2. The summed E-state index contributed by atoms with van der Waals surface area (Å²) < 4.78 is 0. The molecule has 3 rings (SSSR count). The van der Waals surface area contributed by atoms with E-state index in [0.717, 1.165) is 0 Å². The van der Waals surface area contributed by atoms with Gasteiger partial charge in [0, 0.05) is 30.6 Å². The smallest absolute Gasteiger partial charge is 0.0538 e. The lowest BCUT2D eigenvalue weighted by Gasteiger charge is -2.39. The maximum atomic E-state index is 4.62. The van der Waals surface area contributed by atoms with Gasteiger partial charge in [-0.25, -0.2) is 0 Å². The van der Waals surface area contributed by atoms with E-state index in [9.17, 15) is 0 Å². The molecule has 1 fully saturated rings. The number of rotatable bonds is 4. The second-order valence-corrected chi connectivity index (χ2v) is 5.23. The molecule has 1 aromatic carbocycles. The van der Waals surface area contributed by atoms with E-state index in [4.69, 9.17) is 0 Å². The van der Waals surface area contributed by atoms with Crippen molar-refractivity contribution in [2.45, 2.75) is 25.7 Å². The molecule has 1 aliphatic rings. The molecule has 2 heterocycles. The lowest BCUT2D eigenvalue weighted by Crippen LogP contribution is -2.45. The van der Waals surface area contributed by atoms with Crippen molar-refractivity contribution in [3.05, 3.63) is 42.2 Å². The first-order valence-corrected chi connectivity index (χ1v) is 6.94. The van der Waals surface area contributed by atoms with Crippen LogP contribution in [0.2, 0.25) is 0 Å². The molecule has 0 unspecified atom stereocenters. The SMILES string of the molecule is CCCCN1CC(c2nccc3ccccc23)C1. The Balaban J connectivity index is 1.76. The third kappa shape index (κ3) is 2.13. The molecule has 18 heavy (non-hydrogen) atoms. The molecule has 1 aliphatic heterocycles. The Hall–Kier alpha value is -1.41. The zero-order valence-corrected chi connectivity index (χ0v) is 11.0. The molecule has 2 aromatic rings. The van der Waals surface area contributed by atoms with Gasteiger partial charge in [0.25, 0.3) is 0 Å². The molecule has 1 aromatic heterocycles. The monoisotopic (exact) mass is 240 g/mol. The first-order chi connectivity index (χ1) is 8.88. The Morgan fingerprint density at radius 3 is 2.89 bits per heavy atom. The molecule has 0 aliphatic carbocycles. The second-order valence-electron chi connectivity index (χ2n) is 5.23. The fraction of sp³-hybridized carbons (Fsp3) is 0.438. The Morgan fingerprint density at radius 2 is 2.06 bits per heavy atom. The average Bonchev–Trinajstić information content (AvgIpc) is 2.37. The molecular formula is C16H20N2. The van der Waals surface area contributed by atoms with E-state index in [0.29, 0.717) is 5.92 Å². The molecule has 0 bridgehead atoms. The van der Waals surface area contributed by atoms with Crippen molar-refractivity contribution >= 4 is 10.8 Å². The summed E-state index contributed by atoms with van der Waals surface area (Å²) in [6, 6.07) is 10.7. The zero-order valence-electron chi connectivity index (χ0n) is 11.0. The van der Waals surface area contributed by atoms with Gasteiger partial charge in [-0.2, -0.15) is 0 Å².